The summed E-state index contributed by atoms with van der Waals surface area (Å²) in [6.07, 6.45) is 4.02. The Labute approximate surface area is 77.9 Å². The van der Waals surface area contributed by atoms with Gasteiger partial charge in [0, 0.05) is 25.0 Å². The molecule has 0 saturated carbocycles. The zero-order chi connectivity index (χ0) is 9.10. The fourth-order valence-electron chi connectivity index (χ4n) is 1.53. The Hall–Kier alpha value is -0.870. The normalized spacial score (nSPS) is 23.3. The standard InChI is InChI=1S/C9H15N3O/c1-8-4-11-7-12(8)6-9-5-10-2-3-13-9/h4,7,9-10H,2-3,5-6H2,1H3. The molecule has 4 nitrogen and oxygen atoms in total. The molecule has 13 heavy (non-hydrogen) atoms. The van der Waals surface area contributed by atoms with Crippen molar-refractivity contribution in [3.8, 4) is 0 Å². The fourth-order valence-corrected chi connectivity index (χ4v) is 1.53. The first kappa shape index (κ1) is 8.72. The van der Waals surface area contributed by atoms with Gasteiger partial charge in [0.15, 0.2) is 0 Å². The minimum absolute atomic E-state index is 0.293. The van der Waals surface area contributed by atoms with E-state index in [0.717, 1.165) is 26.2 Å². The van der Waals surface area contributed by atoms with Crippen LogP contribution in [0.3, 0.4) is 0 Å². The summed E-state index contributed by atoms with van der Waals surface area (Å²) in [7, 11) is 0. The van der Waals surface area contributed by atoms with E-state index in [-0.39, 0.29) is 0 Å². The molecule has 0 amide bonds. The lowest BCUT2D eigenvalue weighted by molar-refractivity contribution is 0.0179. The molecule has 1 aliphatic heterocycles. The summed E-state index contributed by atoms with van der Waals surface area (Å²) in [5, 5.41) is 3.31. The second kappa shape index (κ2) is 3.89. The van der Waals surface area contributed by atoms with Crippen LogP contribution in [-0.4, -0.2) is 35.4 Å². The maximum Gasteiger partial charge on any atom is 0.0948 e. The van der Waals surface area contributed by atoms with Crippen LogP contribution in [0.2, 0.25) is 0 Å². The molecular weight excluding hydrogens is 166 g/mol. The molecule has 1 atom stereocenters. The third-order valence-corrected chi connectivity index (χ3v) is 2.33. The predicted octanol–water partition coefficient (Wildman–Crippen LogP) is 0.180. The highest BCUT2D eigenvalue weighted by molar-refractivity contribution is 4.94. The van der Waals surface area contributed by atoms with Crippen LogP contribution in [0.1, 0.15) is 5.69 Å². The molecule has 0 aromatic carbocycles. The van der Waals surface area contributed by atoms with Crippen molar-refractivity contribution >= 4 is 0 Å². The van der Waals surface area contributed by atoms with E-state index in [1.165, 1.54) is 5.69 Å². The summed E-state index contributed by atoms with van der Waals surface area (Å²) < 4.78 is 7.72. The van der Waals surface area contributed by atoms with Crippen LogP contribution in [0.25, 0.3) is 0 Å². The Kier molecular flexibility index (Phi) is 2.61. The van der Waals surface area contributed by atoms with Crippen LogP contribution in [-0.2, 0) is 11.3 Å². The van der Waals surface area contributed by atoms with Crippen LogP contribution in [0.5, 0.6) is 0 Å². The second-order valence-electron chi connectivity index (χ2n) is 3.38. The molecule has 0 spiro atoms. The first-order valence-electron chi connectivity index (χ1n) is 4.65. The van der Waals surface area contributed by atoms with Crippen molar-refractivity contribution in [1.29, 1.82) is 0 Å². The highest BCUT2D eigenvalue weighted by Gasteiger charge is 2.13. The van der Waals surface area contributed by atoms with Gasteiger partial charge >= 0.3 is 0 Å². The zero-order valence-corrected chi connectivity index (χ0v) is 7.86. The molecule has 72 valence electrons. The lowest BCUT2D eigenvalue weighted by atomic mass is 10.3. The molecule has 4 heteroatoms. The number of nitrogens with zero attached hydrogens (tertiary/aromatic N) is 2. The van der Waals surface area contributed by atoms with E-state index < -0.39 is 0 Å². The highest BCUT2D eigenvalue weighted by Crippen LogP contribution is 2.03. The van der Waals surface area contributed by atoms with Crippen molar-refractivity contribution in [2.75, 3.05) is 19.7 Å². The van der Waals surface area contributed by atoms with Crippen LogP contribution in [0, 0.1) is 6.92 Å². The Balaban J connectivity index is 1.93. The second-order valence-corrected chi connectivity index (χ2v) is 3.38. The molecule has 1 fully saturated rings. The molecular formula is C9H15N3O. The summed E-state index contributed by atoms with van der Waals surface area (Å²) in [6, 6.07) is 0. The van der Waals surface area contributed by atoms with Crippen LogP contribution in [0.4, 0.5) is 0 Å². The number of imidazole rings is 1. The predicted molar refractivity (Wildman–Crippen MR) is 49.6 cm³/mol. The van der Waals surface area contributed by atoms with Crippen molar-refractivity contribution in [1.82, 2.24) is 14.9 Å². The van der Waals surface area contributed by atoms with Gasteiger partial charge in [0.05, 0.1) is 25.6 Å². The maximum atomic E-state index is 5.60. The van der Waals surface area contributed by atoms with Gasteiger partial charge in [-0.3, -0.25) is 0 Å². The summed E-state index contributed by atoms with van der Waals surface area (Å²) in [6.45, 7) is 5.69. The van der Waals surface area contributed by atoms with Crippen molar-refractivity contribution in [3.63, 3.8) is 0 Å². The number of aromatic nitrogens is 2. The minimum atomic E-state index is 0.293. The molecule has 1 unspecified atom stereocenters. The van der Waals surface area contributed by atoms with E-state index in [2.05, 4.69) is 21.8 Å². The smallest absolute Gasteiger partial charge is 0.0948 e. The average molecular weight is 181 g/mol. The SMILES string of the molecule is Cc1cncn1CC1CNCCO1. The summed E-state index contributed by atoms with van der Waals surface area (Å²) in [5.74, 6) is 0. The molecule has 2 heterocycles. The molecule has 1 saturated heterocycles. The summed E-state index contributed by atoms with van der Waals surface area (Å²) in [4.78, 5) is 4.07. The Morgan fingerprint density at radius 3 is 3.31 bits per heavy atom. The van der Waals surface area contributed by atoms with E-state index in [1.54, 1.807) is 0 Å². The van der Waals surface area contributed by atoms with Gasteiger partial charge < -0.3 is 14.6 Å². The first-order chi connectivity index (χ1) is 6.36. The quantitative estimate of drug-likeness (QED) is 0.707. The molecule has 0 radical (unpaired) electrons. The molecule has 1 N–H and O–H groups in total. The number of hydrogen-bond acceptors (Lipinski definition) is 3. The topological polar surface area (TPSA) is 39.1 Å². The first-order valence-corrected chi connectivity index (χ1v) is 4.65. The lowest BCUT2D eigenvalue weighted by Crippen LogP contribution is -2.40. The van der Waals surface area contributed by atoms with E-state index in [0.29, 0.717) is 6.10 Å². The van der Waals surface area contributed by atoms with E-state index in [1.807, 2.05) is 12.5 Å². The zero-order valence-electron chi connectivity index (χ0n) is 7.86. The van der Waals surface area contributed by atoms with Gasteiger partial charge in [-0.1, -0.05) is 0 Å². The molecule has 2 rings (SSSR count). The van der Waals surface area contributed by atoms with Crippen molar-refractivity contribution in [2.24, 2.45) is 0 Å². The number of hydrogen-bond donors (Lipinski definition) is 1. The minimum Gasteiger partial charge on any atom is -0.374 e. The van der Waals surface area contributed by atoms with Gasteiger partial charge in [-0.2, -0.15) is 0 Å². The molecule has 0 aliphatic carbocycles. The number of nitrogens with one attached hydrogen (secondary N) is 1. The monoisotopic (exact) mass is 181 g/mol. The Morgan fingerprint density at radius 1 is 1.77 bits per heavy atom. The number of morpholine rings is 1. The molecule has 1 aromatic rings. The maximum absolute atomic E-state index is 5.60. The van der Waals surface area contributed by atoms with E-state index in [9.17, 15) is 0 Å². The number of aryl methyl sites for hydroxylation is 1. The van der Waals surface area contributed by atoms with Gasteiger partial charge in [-0.05, 0) is 6.92 Å². The lowest BCUT2D eigenvalue weighted by Gasteiger charge is -2.24. The van der Waals surface area contributed by atoms with Gasteiger partial charge in [0.2, 0.25) is 0 Å². The Morgan fingerprint density at radius 2 is 2.69 bits per heavy atom. The summed E-state index contributed by atoms with van der Waals surface area (Å²) in [5.41, 5.74) is 1.19. The molecule has 1 aromatic heterocycles. The molecule has 1 aliphatic rings. The van der Waals surface area contributed by atoms with Gasteiger partial charge in [-0.25, -0.2) is 4.98 Å². The van der Waals surface area contributed by atoms with Crippen LogP contribution < -0.4 is 5.32 Å². The van der Waals surface area contributed by atoms with Crippen molar-refractivity contribution in [3.05, 3.63) is 18.2 Å². The number of ether oxygens (including phenoxy) is 1. The average Bonchev–Trinajstić information content (AvgIpc) is 2.54. The molecule has 0 bridgehead atoms. The highest BCUT2D eigenvalue weighted by atomic mass is 16.5. The Bertz CT molecular complexity index is 266. The van der Waals surface area contributed by atoms with Gasteiger partial charge in [-0.15, -0.1) is 0 Å². The van der Waals surface area contributed by atoms with Gasteiger partial charge in [0.1, 0.15) is 0 Å². The van der Waals surface area contributed by atoms with Gasteiger partial charge in [0.25, 0.3) is 0 Å². The van der Waals surface area contributed by atoms with Crippen molar-refractivity contribution in [2.45, 2.75) is 19.6 Å². The number of rotatable bonds is 2. The fraction of sp³-hybridized carbons (Fsp3) is 0.667. The van der Waals surface area contributed by atoms with E-state index >= 15 is 0 Å². The largest absolute Gasteiger partial charge is 0.374 e. The third kappa shape index (κ3) is 2.08. The van der Waals surface area contributed by atoms with Crippen LogP contribution in [0.15, 0.2) is 12.5 Å². The third-order valence-electron chi connectivity index (χ3n) is 2.33. The van der Waals surface area contributed by atoms with Crippen LogP contribution >= 0.6 is 0 Å². The summed E-state index contributed by atoms with van der Waals surface area (Å²) >= 11 is 0. The van der Waals surface area contributed by atoms with Crippen molar-refractivity contribution < 1.29 is 4.74 Å². The van der Waals surface area contributed by atoms with E-state index in [4.69, 9.17) is 4.74 Å².